The number of hydrogen-bond acceptors (Lipinski definition) is 4. The molecule has 1 aliphatic heterocycles. The predicted octanol–water partition coefficient (Wildman–Crippen LogP) is 3.13. The highest BCUT2D eigenvalue weighted by atomic mass is 16.6. The van der Waals surface area contributed by atoms with Crippen molar-refractivity contribution in [2.75, 3.05) is 13.7 Å². The van der Waals surface area contributed by atoms with E-state index in [1.54, 1.807) is 4.90 Å². The zero-order valence-electron chi connectivity index (χ0n) is 13.0. The second-order valence-corrected chi connectivity index (χ2v) is 5.50. The molecular formula is C17H23NO4. The van der Waals surface area contributed by atoms with Crippen molar-refractivity contribution in [1.29, 1.82) is 0 Å². The van der Waals surface area contributed by atoms with E-state index in [0.717, 1.165) is 24.8 Å². The van der Waals surface area contributed by atoms with E-state index in [1.165, 1.54) is 7.11 Å². The Labute approximate surface area is 131 Å². The van der Waals surface area contributed by atoms with Gasteiger partial charge in [0.15, 0.2) is 0 Å². The lowest BCUT2D eigenvalue weighted by molar-refractivity contribution is -0.141. The molecular weight excluding hydrogens is 282 g/mol. The molecule has 5 heteroatoms. The van der Waals surface area contributed by atoms with Gasteiger partial charge in [0.05, 0.1) is 7.11 Å². The van der Waals surface area contributed by atoms with E-state index in [0.29, 0.717) is 19.4 Å². The summed E-state index contributed by atoms with van der Waals surface area (Å²) in [7, 11) is 1.38. The first-order chi connectivity index (χ1) is 10.7. The van der Waals surface area contributed by atoms with Gasteiger partial charge in [-0.2, -0.15) is 0 Å². The van der Waals surface area contributed by atoms with Crippen molar-refractivity contribution < 1.29 is 19.1 Å². The number of ether oxygens (including phenoxy) is 2. The van der Waals surface area contributed by atoms with E-state index in [1.807, 2.05) is 30.3 Å². The molecule has 1 unspecified atom stereocenters. The van der Waals surface area contributed by atoms with Crippen LogP contribution in [0.3, 0.4) is 0 Å². The maximum Gasteiger partial charge on any atom is 0.410 e. The summed E-state index contributed by atoms with van der Waals surface area (Å²) in [5.74, 6) is -0.233. The summed E-state index contributed by atoms with van der Waals surface area (Å²) in [5.41, 5.74) is 0.971. The summed E-state index contributed by atoms with van der Waals surface area (Å²) in [6.07, 6.45) is 3.65. The van der Waals surface area contributed by atoms with Crippen LogP contribution in [0.4, 0.5) is 4.79 Å². The van der Waals surface area contributed by atoms with Crippen LogP contribution in [0.5, 0.6) is 0 Å². The Kier molecular flexibility index (Phi) is 6.25. The number of carbonyl (C=O) groups is 2. The van der Waals surface area contributed by atoms with Gasteiger partial charge in [-0.3, -0.25) is 4.79 Å². The molecule has 1 aromatic carbocycles. The molecule has 2 rings (SSSR count). The average Bonchev–Trinajstić information content (AvgIpc) is 2.58. The number of piperidine rings is 1. The fraction of sp³-hybridized carbons (Fsp3) is 0.529. The zero-order valence-corrected chi connectivity index (χ0v) is 13.0. The molecule has 0 radical (unpaired) electrons. The third-order valence-electron chi connectivity index (χ3n) is 3.98. The van der Waals surface area contributed by atoms with Crippen LogP contribution in [0.15, 0.2) is 30.3 Å². The number of rotatable bonds is 5. The lowest BCUT2D eigenvalue weighted by Gasteiger charge is -2.34. The highest BCUT2D eigenvalue weighted by Crippen LogP contribution is 2.22. The number of benzene rings is 1. The zero-order chi connectivity index (χ0) is 15.8. The van der Waals surface area contributed by atoms with Crippen LogP contribution in [0.1, 0.15) is 37.7 Å². The van der Waals surface area contributed by atoms with E-state index in [2.05, 4.69) is 4.74 Å². The molecule has 5 nitrogen and oxygen atoms in total. The molecule has 0 aliphatic carbocycles. The van der Waals surface area contributed by atoms with Crippen molar-refractivity contribution >= 4 is 12.1 Å². The maximum atomic E-state index is 12.3. The average molecular weight is 305 g/mol. The van der Waals surface area contributed by atoms with Gasteiger partial charge in [0, 0.05) is 19.0 Å². The SMILES string of the molecule is COC(=O)CCC1CCCCN1C(=O)OCc1ccccc1. The Hall–Kier alpha value is -2.04. The molecule has 120 valence electrons. The molecule has 1 saturated heterocycles. The highest BCUT2D eigenvalue weighted by Gasteiger charge is 2.28. The predicted molar refractivity (Wildman–Crippen MR) is 82.2 cm³/mol. The largest absolute Gasteiger partial charge is 0.469 e. The number of methoxy groups -OCH3 is 1. The van der Waals surface area contributed by atoms with Crippen molar-refractivity contribution in [3.8, 4) is 0 Å². The molecule has 1 amide bonds. The lowest BCUT2D eigenvalue weighted by Crippen LogP contribution is -2.44. The van der Waals surface area contributed by atoms with Gasteiger partial charge < -0.3 is 14.4 Å². The van der Waals surface area contributed by atoms with Crippen molar-refractivity contribution in [2.45, 2.75) is 44.8 Å². The van der Waals surface area contributed by atoms with Gasteiger partial charge in [-0.25, -0.2) is 4.79 Å². The third-order valence-corrected chi connectivity index (χ3v) is 3.98. The first kappa shape index (κ1) is 16.3. The number of likely N-dealkylation sites (tertiary alicyclic amines) is 1. The van der Waals surface area contributed by atoms with E-state index in [9.17, 15) is 9.59 Å². The van der Waals surface area contributed by atoms with Crippen molar-refractivity contribution in [2.24, 2.45) is 0 Å². The molecule has 1 heterocycles. The van der Waals surface area contributed by atoms with Gasteiger partial charge >= 0.3 is 12.1 Å². The number of carbonyl (C=O) groups excluding carboxylic acids is 2. The Morgan fingerprint density at radius 2 is 2.00 bits per heavy atom. The maximum absolute atomic E-state index is 12.3. The molecule has 0 saturated carbocycles. The Balaban J connectivity index is 1.86. The van der Waals surface area contributed by atoms with Crippen LogP contribution in [-0.4, -0.2) is 36.7 Å². The molecule has 0 N–H and O–H groups in total. The molecule has 1 atom stereocenters. The molecule has 0 aromatic heterocycles. The van der Waals surface area contributed by atoms with Crippen LogP contribution >= 0.6 is 0 Å². The van der Waals surface area contributed by atoms with Crippen molar-refractivity contribution in [3.63, 3.8) is 0 Å². The van der Waals surface area contributed by atoms with Gasteiger partial charge in [-0.1, -0.05) is 30.3 Å². The minimum Gasteiger partial charge on any atom is -0.469 e. The normalized spacial score (nSPS) is 17.9. The van der Waals surface area contributed by atoms with E-state index < -0.39 is 0 Å². The Bertz CT molecular complexity index is 489. The van der Waals surface area contributed by atoms with Crippen LogP contribution in [-0.2, 0) is 20.9 Å². The number of nitrogens with zero attached hydrogens (tertiary/aromatic N) is 1. The summed E-state index contributed by atoms with van der Waals surface area (Å²) in [5, 5.41) is 0. The molecule has 0 bridgehead atoms. The minimum atomic E-state index is -0.293. The molecule has 1 aliphatic rings. The standard InChI is InChI=1S/C17H23NO4/c1-21-16(19)11-10-15-9-5-6-12-18(15)17(20)22-13-14-7-3-2-4-8-14/h2-4,7-8,15H,5-6,9-13H2,1H3. The summed E-state index contributed by atoms with van der Waals surface area (Å²) >= 11 is 0. The summed E-state index contributed by atoms with van der Waals surface area (Å²) in [6, 6.07) is 9.69. The van der Waals surface area contributed by atoms with Gasteiger partial charge in [-0.05, 0) is 31.2 Å². The molecule has 22 heavy (non-hydrogen) atoms. The monoisotopic (exact) mass is 305 g/mol. The van der Waals surface area contributed by atoms with Crippen LogP contribution in [0.25, 0.3) is 0 Å². The smallest absolute Gasteiger partial charge is 0.410 e. The summed E-state index contributed by atoms with van der Waals surface area (Å²) < 4.78 is 10.1. The Morgan fingerprint density at radius 3 is 2.73 bits per heavy atom. The van der Waals surface area contributed by atoms with Crippen LogP contribution < -0.4 is 0 Å². The summed E-state index contributed by atoms with van der Waals surface area (Å²) in [6.45, 7) is 0.972. The topological polar surface area (TPSA) is 55.8 Å². The fourth-order valence-corrected chi connectivity index (χ4v) is 2.73. The van der Waals surface area contributed by atoms with Crippen molar-refractivity contribution in [3.05, 3.63) is 35.9 Å². The van der Waals surface area contributed by atoms with Crippen LogP contribution in [0.2, 0.25) is 0 Å². The van der Waals surface area contributed by atoms with Crippen molar-refractivity contribution in [1.82, 2.24) is 4.90 Å². The van der Waals surface area contributed by atoms with Gasteiger partial charge in [0.1, 0.15) is 6.61 Å². The number of amides is 1. The fourth-order valence-electron chi connectivity index (χ4n) is 2.73. The number of hydrogen-bond donors (Lipinski definition) is 0. The van der Waals surface area contributed by atoms with Gasteiger partial charge in [0.25, 0.3) is 0 Å². The van der Waals surface area contributed by atoms with E-state index in [4.69, 9.17) is 4.74 Å². The quantitative estimate of drug-likeness (QED) is 0.784. The van der Waals surface area contributed by atoms with Gasteiger partial charge in [-0.15, -0.1) is 0 Å². The number of esters is 1. The molecule has 1 aromatic rings. The highest BCUT2D eigenvalue weighted by molar-refractivity contribution is 5.70. The first-order valence-corrected chi connectivity index (χ1v) is 7.75. The first-order valence-electron chi connectivity index (χ1n) is 7.75. The van der Waals surface area contributed by atoms with Crippen LogP contribution in [0, 0.1) is 0 Å². The second-order valence-electron chi connectivity index (χ2n) is 5.50. The van der Waals surface area contributed by atoms with Gasteiger partial charge in [0.2, 0.25) is 0 Å². The van der Waals surface area contributed by atoms with E-state index in [-0.39, 0.29) is 24.7 Å². The lowest BCUT2D eigenvalue weighted by atomic mass is 9.98. The minimum absolute atomic E-state index is 0.0659. The third kappa shape index (κ3) is 4.76. The molecule has 1 fully saturated rings. The molecule has 0 spiro atoms. The van der Waals surface area contributed by atoms with E-state index >= 15 is 0 Å². The Morgan fingerprint density at radius 1 is 1.23 bits per heavy atom. The summed E-state index contributed by atoms with van der Waals surface area (Å²) in [4.78, 5) is 25.3. The second kappa shape index (κ2) is 8.41.